The van der Waals surface area contributed by atoms with E-state index in [1.165, 1.54) is 11.3 Å². The molecule has 0 aliphatic heterocycles. The average molecular weight is 369 g/mol. The molecule has 2 heterocycles. The molecule has 0 saturated heterocycles. The highest BCUT2D eigenvalue weighted by molar-refractivity contribution is 7.12. The third-order valence-electron chi connectivity index (χ3n) is 3.12. The first-order chi connectivity index (χ1) is 12.7. The second-order valence-corrected chi connectivity index (χ2v) is 5.90. The lowest BCUT2D eigenvalue weighted by Crippen LogP contribution is -2.34. The Balaban J connectivity index is 1.79. The smallest absolute Gasteiger partial charge is 0.328 e. The summed E-state index contributed by atoms with van der Waals surface area (Å²) < 4.78 is 5.33. The van der Waals surface area contributed by atoms with E-state index in [0.717, 1.165) is 5.56 Å². The van der Waals surface area contributed by atoms with Crippen molar-refractivity contribution in [2.75, 3.05) is 11.9 Å². The molecular weight excluding hydrogens is 354 g/mol. The van der Waals surface area contributed by atoms with Crippen LogP contribution in [0.1, 0.15) is 16.6 Å². The van der Waals surface area contributed by atoms with Crippen LogP contribution in [0.15, 0.2) is 47.8 Å². The number of rotatable bonds is 5. The number of nitrogens with one attached hydrogen (secondary N) is 2. The molecule has 0 fully saturated rings. The Kier molecular flexibility index (Phi) is 5.49. The van der Waals surface area contributed by atoms with E-state index in [2.05, 4.69) is 25.6 Å². The van der Waals surface area contributed by atoms with Crippen molar-refractivity contribution in [2.45, 2.75) is 6.92 Å². The molecule has 0 saturated carbocycles. The van der Waals surface area contributed by atoms with Gasteiger partial charge in [0.15, 0.2) is 5.82 Å². The summed E-state index contributed by atoms with van der Waals surface area (Å²) in [5.74, 6) is -0.164. The highest BCUT2D eigenvalue weighted by atomic mass is 32.1. The van der Waals surface area contributed by atoms with Crippen molar-refractivity contribution < 1.29 is 14.3 Å². The number of urea groups is 1. The maximum atomic E-state index is 12.1. The summed E-state index contributed by atoms with van der Waals surface area (Å²) in [5, 5.41) is 6.41. The average Bonchev–Trinajstić information content (AvgIpc) is 3.17. The molecule has 0 bridgehead atoms. The van der Waals surface area contributed by atoms with Gasteiger partial charge in [-0.1, -0.05) is 36.4 Å². The van der Waals surface area contributed by atoms with Crippen LogP contribution in [0.4, 0.5) is 10.7 Å². The zero-order valence-electron chi connectivity index (χ0n) is 13.8. The zero-order chi connectivity index (χ0) is 18.4. The second kappa shape index (κ2) is 8.17. The molecule has 0 radical (unpaired) electrons. The Hall–Kier alpha value is -3.33. The summed E-state index contributed by atoms with van der Waals surface area (Å²) in [5.41, 5.74) is 0.744. The molecule has 132 valence electrons. The number of aromatic nitrogens is 3. The minimum absolute atomic E-state index is 0.0150. The van der Waals surface area contributed by atoms with E-state index < -0.39 is 11.9 Å². The number of hydrogen-bond donors (Lipinski definition) is 2. The summed E-state index contributed by atoms with van der Waals surface area (Å²) in [6.07, 6.45) is 0. The van der Waals surface area contributed by atoms with Crippen LogP contribution in [0.25, 0.3) is 11.4 Å². The van der Waals surface area contributed by atoms with Crippen LogP contribution in [0.3, 0.4) is 0 Å². The van der Waals surface area contributed by atoms with E-state index in [4.69, 9.17) is 4.74 Å². The van der Waals surface area contributed by atoms with Gasteiger partial charge < -0.3 is 4.74 Å². The van der Waals surface area contributed by atoms with Gasteiger partial charge in [-0.2, -0.15) is 15.0 Å². The third kappa shape index (κ3) is 4.39. The molecule has 0 aliphatic rings. The van der Waals surface area contributed by atoms with E-state index in [9.17, 15) is 9.59 Å². The van der Waals surface area contributed by atoms with E-state index in [0.29, 0.717) is 17.3 Å². The molecule has 0 atom stereocenters. The predicted octanol–water partition coefficient (Wildman–Crippen LogP) is 2.96. The Labute approximate surface area is 153 Å². The maximum absolute atomic E-state index is 12.1. The molecule has 8 nitrogen and oxygen atoms in total. The number of benzene rings is 1. The normalized spacial score (nSPS) is 10.2. The molecule has 3 aromatic rings. The quantitative estimate of drug-likeness (QED) is 0.716. The van der Waals surface area contributed by atoms with Crippen LogP contribution in [0, 0.1) is 0 Å². The summed E-state index contributed by atoms with van der Waals surface area (Å²) in [6.45, 7) is 2.16. The minimum Gasteiger partial charge on any atom is -0.464 e. The second-order valence-electron chi connectivity index (χ2n) is 4.95. The summed E-state index contributed by atoms with van der Waals surface area (Å²) in [4.78, 5) is 36.9. The highest BCUT2D eigenvalue weighted by Gasteiger charge is 2.15. The van der Waals surface area contributed by atoms with Crippen LogP contribution in [-0.2, 0) is 0 Å². The van der Waals surface area contributed by atoms with Crippen LogP contribution in [-0.4, -0.2) is 33.5 Å². The molecule has 2 aromatic heterocycles. The fraction of sp³-hybridized carbons (Fsp3) is 0.118. The SMILES string of the molecule is CCOc1nc(NC(=O)NC(=O)c2cccs2)nc(-c2ccccc2)n1. The minimum atomic E-state index is -0.740. The zero-order valence-corrected chi connectivity index (χ0v) is 14.6. The van der Waals surface area contributed by atoms with Gasteiger partial charge >= 0.3 is 12.0 Å². The van der Waals surface area contributed by atoms with Crippen LogP contribution < -0.4 is 15.4 Å². The van der Waals surface area contributed by atoms with Gasteiger partial charge in [-0.3, -0.25) is 15.4 Å². The van der Waals surface area contributed by atoms with Gasteiger partial charge in [-0.15, -0.1) is 11.3 Å². The number of amides is 3. The van der Waals surface area contributed by atoms with Crippen molar-refractivity contribution in [1.29, 1.82) is 0 Å². The molecule has 9 heteroatoms. The molecule has 0 aliphatic carbocycles. The fourth-order valence-electron chi connectivity index (χ4n) is 2.03. The van der Waals surface area contributed by atoms with Crippen LogP contribution in [0.5, 0.6) is 6.01 Å². The van der Waals surface area contributed by atoms with Gasteiger partial charge in [0.1, 0.15) is 0 Å². The molecule has 3 rings (SSSR count). The molecule has 0 unspecified atom stereocenters. The first kappa shape index (κ1) is 17.5. The Bertz CT molecular complexity index is 900. The van der Waals surface area contributed by atoms with Gasteiger partial charge in [0.05, 0.1) is 11.5 Å². The topological polar surface area (TPSA) is 106 Å². The van der Waals surface area contributed by atoms with Crippen molar-refractivity contribution >= 4 is 29.2 Å². The lowest BCUT2D eigenvalue weighted by molar-refractivity contribution is 0.0971. The summed E-state index contributed by atoms with van der Waals surface area (Å²) >= 11 is 1.23. The van der Waals surface area contributed by atoms with Crippen molar-refractivity contribution in [3.05, 3.63) is 52.7 Å². The number of anilines is 1. The first-order valence-electron chi connectivity index (χ1n) is 7.76. The van der Waals surface area contributed by atoms with E-state index in [-0.39, 0.29) is 12.0 Å². The maximum Gasteiger partial charge on any atom is 0.328 e. The van der Waals surface area contributed by atoms with Crippen molar-refractivity contribution in [3.8, 4) is 17.4 Å². The van der Waals surface area contributed by atoms with Gasteiger partial charge in [-0.25, -0.2) is 4.79 Å². The summed E-state index contributed by atoms with van der Waals surface area (Å²) in [7, 11) is 0. The van der Waals surface area contributed by atoms with Crippen molar-refractivity contribution in [1.82, 2.24) is 20.3 Å². The number of carbonyl (C=O) groups is 2. The molecule has 1 aromatic carbocycles. The number of thiophene rings is 1. The molecule has 0 spiro atoms. The van der Waals surface area contributed by atoms with Crippen molar-refractivity contribution in [2.24, 2.45) is 0 Å². The Morgan fingerprint density at radius 3 is 2.58 bits per heavy atom. The van der Waals surface area contributed by atoms with Gasteiger partial charge in [-0.05, 0) is 18.4 Å². The highest BCUT2D eigenvalue weighted by Crippen LogP contribution is 2.18. The van der Waals surface area contributed by atoms with Gasteiger partial charge in [0.25, 0.3) is 5.91 Å². The van der Waals surface area contributed by atoms with Gasteiger partial charge in [0, 0.05) is 5.56 Å². The van der Waals surface area contributed by atoms with Crippen LogP contribution in [0.2, 0.25) is 0 Å². The Morgan fingerprint density at radius 2 is 1.88 bits per heavy atom. The Morgan fingerprint density at radius 1 is 1.08 bits per heavy atom. The molecular formula is C17H15N5O3S. The number of nitrogens with zero attached hydrogens (tertiary/aromatic N) is 3. The number of carbonyl (C=O) groups excluding carboxylic acids is 2. The lowest BCUT2D eigenvalue weighted by Gasteiger charge is -2.08. The standard InChI is InChI=1S/C17H15N5O3S/c1-2-25-17-19-13(11-7-4-3-5-8-11)18-15(22-17)21-16(24)20-14(23)12-9-6-10-26-12/h3-10H,2H2,1H3,(H2,18,19,20,21,22,23,24). The lowest BCUT2D eigenvalue weighted by atomic mass is 10.2. The molecule has 2 N–H and O–H groups in total. The van der Waals surface area contributed by atoms with Crippen LogP contribution >= 0.6 is 11.3 Å². The fourth-order valence-corrected chi connectivity index (χ4v) is 2.65. The van der Waals surface area contributed by atoms with Gasteiger partial charge in [0.2, 0.25) is 5.95 Å². The van der Waals surface area contributed by atoms with E-state index >= 15 is 0 Å². The molecule has 3 amide bonds. The van der Waals surface area contributed by atoms with E-state index in [1.54, 1.807) is 24.4 Å². The largest absolute Gasteiger partial charge is 0.464 e. The molecule has 26 heavy (non-hydrogen) atoms. The number of imide groups is 1. The first-order valence-corrected chi connectivity index (χ1v) is 8.64. The predicted molar refractivity (Wildman–Crippen MR) is 97.2 cm³/mol. The van der Waals surface area contributed by atoms with E-state index in [1.807, 2.05) is 30.3 Å². The van der Waals surface area contributed by atoms with Crippen molar-refractivity contribution in [3.63, 3.8) is 0 Å². The third-order valence-corrected chi connectivity index (χ3v) is 3.99. The number of hydrogen-bond acceptors (Lipinski definition) is 7. The monoisotopic (exact) mass is 369 g/mol. The summed E-state index contributed by atoms with van der Waals surface area (Å²) in [6, 6.07) is 11.9. The number of ether oxygens (including phenoxy) is 1.